The van der Waals surface area contributed by atoms with E-state index < -0.39 is 0 Å². The molecule has 1 fully saturated rings. The molecule has 1 aromatic carbocycles. The lowest BCUT2D eigenvalue weighted by atomic mass is 10.1. The van der Waals surface area contributed by atoms with Crippen LogP contribution in [0.4, 0.5) is 0 Å². The fraction of sp³-hybridized carbons (Fsp3) is 0.417. The Hall–Kier alpha value is -3.26. The Balaban J connectivity index is 1.31. The summed E-state index contributed by atoms with van der Waals surface area (Å²) in [5, 5.41) is 3.48. The van der Waals surface area contributed by atoms with Crippen LogP contribution in [0.3, 0.4) is 0 Å². The summed E-state index contributed by atoms with van der Waals surface area (Å²) in [7, 11) is 5.17. The van der Waals surface area contributed by atoms with Crippen molar-refractivity contribution in [3.8, 4) is 11.5 Å². The summed E-state index contributed by atoms with van der Waals surface area (Å²) >= 11 is 0. The highest BCUT2D eigenvalue weighted by atomic mass is 16.5. The maximum absolute atomic E-state index is 5.44. The van der Waals surface area contributed by atoms with E-state index in [1.165, 1.54) is 11.3 Å². The number of fused-ring (bicyclic) bond motifs is 1. The Labute approximate surface area is 189 Å². The quantitative estimate of drug-likeness (QED) is 0.473. The summed E-state index contributed by atoms with van der Waals surface area (Å²) in [5.41, 5.74) is 4.38. The summed E-state index contributed by atoms with van der Waals surface area (Å²) in [4.78, 5) is 14.0. The third-order valence-corrected chi connectivity index (χ3v) is 5.91. The number of nitrogens with one attached hydrogen (secondary N) is 1. The number of nitrogens with zero attached hydrogens (tertiary/aromatic N) is 5. The second-order valence-corrected chi connectivity index (χ2v) is 7.98. The molecule has 2 aromatic heterocycles. The van der Waals surface area contributed by atoms with Gasteiger partial charge in [-0.05, 0) is 36.8 Å². The van der Waals surface area contributed by atoms with Gasteiger partial charge in [-0.3, -0.25) is 9.89 Å². The van der Waals surface area contributed by atoms with E-state index in [9.17, 15) is 0 Å². The lowest BCUT2D eigenvalue weighted by molar-refractivity contribution is 0.172. The van der Waals surface area contributed by atoms with Gasteiger partial charge in [0.25, 0.3) is 0 Å². The van der Waals surface area contributed by atoms with Crippen molar-refractivity contribution >= 4 is 11.6 Å². The average molecular weight is 437 g/mol. The molecule has 1 saturated heterocycles. The van der Waals surface area contributed by atoms with Crippen molar-refractivity contribution in [2.24, 2.45) is 4.99 Å². The van der Waals surface area contributed by atoms with Crippen LogP contribution >= 0.6 is 0 Å². The van der Waals surface area contributed by atoms with Gasteiger partial charge in [-0.1, -0.05) is 12.1 Å². The normalized spacial score (nSPS) is 15.2. The van der Waals surface area contributed by atoms with Crippen molar-refractivity contribution in [2.75, 3.05) is 47.4 Å². The highest BCUT2D eigenvalue weighted by Gasteiger charge is 2.20. The predicted octanol–water partition coefficient (Wildman–Crippen LogP) is 2.55. The topological polar surface area (TPSA) is 66.6 Å². The Kier molecular flexibility index (Phi) is 6.80. The number of rotatable bonds is 6. The van der Waals surface area contributed by atoms with Gasteiger partial charge in [-0.2, -0.15) is 0 Å². The molecule has 0 unspecified atom stereocenters. The van der Waals surface area contributed by atoms with E-state index in [4.69, 9.17) is 14.5 Å². The molecule has 0 spiro atoms. The molecular weight excluding hydrogens is 404 g/mol. The van der Waals surface area contributed by atoms with Crippen molar-refractivity contribution in [3.05, 3.63) is 59.5 Å². The van der Waals surface area contributed by atoms with Crippen LogP contribution < -0.4 is 14.8 Å². The number of guanidine groups is 1. The first-order chi connectivity index (χ1) is 15.6. The van der Waals surface area contributed by atoms with E-state index in [-0.39, 0.29) is 0 Å². The predicted molar refractivity (Wildman–Crippen MR) is 127 cm³/mol. The fourth-order valence-corrected chi connectivity index (χ4v) is 4.14. The third kappa shape index (κ3) is 4.80. The zero-order valence-corrected chi connectivity index (χ0v) is 19.3. The highest BCUT2D eigenvalue weighted by molar-refractivity contribution is 5.80. The van der Waals surface area contributed by atoms with Crippen molar-refractivity contribution in [2.45, 2.75) is 20.0 Å². The van der Waals surface area contributed by atoms with Crippen molar-refractivity contribution in [1.29, 1.82) is 0 Å². The third-order valence-electron chi connectivity index (χ3n) is 5.91. The minimum atomic E-state index is 0.652. The summed E-state index contributed by atoms with van der Waals surface area (Å²) in [6, 6.07) is 12.3. The maximum atomic E-state index is 5.44. The first-order valence-corrected chi connectivity index (χ1v) is 10.9. The number of benzene rings is 1. The molecule has 0 bridgehead atoms. The minimum Gasteiger partial charge on any atom is -0.493 e. The van der Waals surface area contributed by atoms with Gasteiger partial charge in [0, 0.05) is 51.7 Å². The van der Waals surface area contributed by atoms with E-state index in [1.807, 2.05) is 25.2 Å². The molecule has 3 heterocycles. The molecule has 4 rings (SSSR count). The first-order valence-electron chi connectivity index (χ1n) is 10.9. The molecular formula is C24H32N6O2. The molecule has 0 atom stereocenters. The molecule has 8 nitrogen and oxygen atoms in total. The van der Waals surface area contributed by atoms with Crippen LogP contribution in [0.1, 0.15) is 17.0 Å². The van der Waals surface area contributed by atoms with Gasteiger partial charge in [0.2, 0.25) is 0 Å². The second-order valence-electron chi connectivity index (χ2n) is 7.98. The van der Waals surface area contributed by atoms with Crippen LogP contribution in [0, 0.1) is 6.92 Å². The molecule has 0 aliphatic carbocycles. The molecule has 0 radical (unpaired) electrons. The number of piperazine rings is 1. The fourth-order valence-electron chi connectivity index (χ4n) is 4.14. The Morgan fingerprint density at radius 2 is 1.84 bits per heavy atom. The number of pyridine rings is 1. The summed E-state index contributed by atoms with van der Waals surface area (Å²) in [6.07, 6.45) is 2.09. The monoisotopic (exact) mass is 436 g/mol. The Morgan fingerprint density at radius 1 is 1.06 bits per heavy atom. The molecule has 32 heavy (non-hydrogen) atoms. The number of aliphatic imine (C=N–C) groups is 1. The average Bonchev–Trinajstić information content (AvgIpc) is 3.25. The van der Waals surface area contributed by atoms with Crippen LogP contribution in [-0.2, 0) is 13.1 Å². The van der Waals surface area contributed by atoms with Gasteiger partial charge in [0.1, 0.15) is 5.65 Å². The van der Waals surface area contributed by atoms with Gasteiger partial charge in [0.05, 0.1) is 26.5 Å². The Morgan fingerprint density at radius 3 is 2.53 bits per heavy atom. The molecule has 3 aromatic rings. The molecule has 1 N–H and O–H groups in total. The lowest BCUT2D eigenvalue weighted by Crippen LogP contribution is -2.52. The highest BCUT2D eigenvalue weighted by Crippen LogP contribution is 2.28. The minimum absolute atomic E-state index is 0.652. The van der Waals surface area contributed by atoms with E-state index in [2.05, 4.69) is 55.8 Å². The maximum Gasteiger partial charge on any atom is 0.194 e. The van der Waals surface area contributed by atoms with Gasteiger partial charge < -0.3 is 24.1 Å². The number of hydrogen-bond donors (Lipinski definition) is 1. The largest absolute Gasteiger partial charge is 0.493 e. The van der Waals surface area contributed by atoms with E-state index in [0.29, 0.717) is 6.54 Å². The molecule has 1 aliphatic rings. The van der Waals surface area contributed by atoms with Gasteiger partial charge in [0.15, 0.2) is 17.5 Å². The SMILES string of the molecule is CN=C(NCc1cn2c(C)cccc2n1)N1CCN(Cc2ccc(OC)c(OC)c2)CC1. The van der Waals surface area contributed by atoms with Crippen LogP contribution in [0.5, 0.6) is 11.5 Å². The molecule has 170 valence electrons. The smallest absolute Gasteiger partial charge is 0.194 e. The lowest BCUT2D eigenvalue weighted by Gasteiger charge is -2.36. The van der Waals surface area contributed by atoms with Crippen LogP contribution in [0.25, 0.3) is 5.65 Å². The molecule has 0 amide bonds. The van der Waals surface area contributed by atoms with Crippen molar-refractivity contribution < 1.29 is 9.47 Å². The van der Waals surface area contributed by atoms with E-state index in [0.717, 1.165) is 61.5 Å². The number of methoxy groups -OCH3 is 2. The number of aromatic nitrogens is 2. The van der Waals surface area contributed by atoms with Gasteiger partial charge in [-0.15, -0.1) is 0 Å². The van der Waals surface area contributed by atoms with Gasteiger partial charge in [-0.25, -0.2) is 4.98 Å². The van der Waals surface area contributed by atoms with E-state index >= 15 is 0 Å². The van der Waals surface area contributed by atoms with Crippen LogP contribution in [-0.4, -0.2) is 72.6 Å². The molecule has 8 heteroatoms. The van der Waals surface area contributed by atoms with Gasteiger partial charge >= 0.3 is 0 Å². The first kappa shape index (κ1) is 22.0. The Bertz CT molecular complexity index is 1090. The molecule has 0 saturated carbocycles. The number of ether oxygens (including phenoxy) is 2. The zero-order chi connectivity index (χ0) is 22.5. The zero-order valence-electron chi connectivity index (χ0n) is 19.3. The van der Waals surface area contributed by atoms with Crippen LogP contribution in [0.2, 0.25) is 0 Å². The van der Waals surface area contributed by atoms with Crippen LogP contribution in [0.15, 0.2) is 47.6 Å². The summed E-state index contributed by atoms with van der Waals surface area (Å²) in [5.74, 6) is 2.46. The summed E-state index contributed by atoms with van der Waals surface area (Å²) in [6.45, 7) is 7.44. The number of imidazole rings is 1. The summed E-state index contributed by atoms with van der Waals surface area (Å²) < 4.78 is 12.9. The second kappa shape index (κ2) is 9.91. The van der Waals surface area contributed by atoms with Crippen molar-refractivity contribution in [3.63, 3.8) is 0 Å². The number of aryl methyl sites for hydroxylation is 1. The number of hydrogen-bond acceptors (Lipinski definition) is 5. The molecule has 1 aliphatic heterocycles. The van der Waals surface area contributed by atoms with E-state index in [1.54, 1.807) is 14.2 Å². The standard InChI is InChI=1S/C24H32N6O2/c1-18-6-5-7-23-27-20(17-30(18)23)15-26-24(25-2)29-12-10-28(11-13-29)16-19-8-9-21(31-3)22(14-19)32-4/h5-9,14,17H,10-13,15-16H2,1-4H3,(H,25,26). The van der Waals surface area contributed by atoms with Crippen molar-refractivity contribution in [1.82, 2.24) is 24.5 Å².